The Morgan fingerprint density at radius 2 is 1.41 bits per heavy atom. The largest absolute Gasteiger partial charge is 0.459 e. The maximum Gasteiger partial charge on any atom is 0.338 e. The first-order chi connectivity index (χ1) is 16.1. The Labute approximate surface area is 212 Å². The van der Waals surface area contributed by atoms with Gasteiger partial charge in [-0.15, -0.1) is 0 Å². The average Bonchev–Trinajstić information content (AvgIpc) is 2.82. The van der Waals surface area contributed by atoms with Crippen LogP contribution < -0.4 is 0 Å². The first kappa shape index (κ1) is 26.3. The zero-order chi connectivity index (χ0) is 24.9. The van der Waals surface area contributed by atoms with Crippen molar-refractivity contribution in [2.24, 2.45) is 11.8 Å². The van der Waals surface area contributed by atoms with Crippen LogP contribution in [0.2, 0.25) is 0 Å². The summed E-state index contributed by atoms with van der Waals surface area (Å²) in [7, 11) is 0. The van der Waals surface area contributed by atoms with Crippen LogP contribution in [0.5, 0.6) is 0 Å². The van der Waals surface area contributed by atoms with Gasteiger partial charge in [-0.05, 0) is 30.2 Å². The van der Waals surface area contributed by atoms with Crippen molar-refractivity contribution in [1.29, 1.82) is 5.41 Å². The molecule has 1 aliphatic heterocycles. The summed E-state index contributed by atoms with van der Waals surface area (Å²) in [6, 6.07) is 17.0. The van der Waals surface area contributed by atoms with Crippen molar-refractivity contribution in [1.82, 2.24) is 0 Å². The van der Waals surface area contributed by atoms with Crippen LogP contribution in [-0.4, -0.2) is 46.7 Å². The molecule has 0 saturated carbocycles. The maximum atomic E-state index is 12.7. The lowest BCUT2D eigenvalue weighted by Gasteiger charge is -2.43. The Balaban J connectivity index is 1.76. The minimum absolute atomic E-state index is 0.0838. The molecular weight excluding hydrogens is 505 g/mol. The Morgan fingerprint density at radius 3 is 1.94 bits per heavy atom. The molecule has 1 aliphatic rings. The molecule has 2 aromatic rings. The normalized spacial score (nSPS) is 24.7. The van der Waals surface area contributed by atoms with Crippen LogP contribution in [0.25, 0.3) is 0 Å². The number of ether oxygens (including phenoxy) is 4. The highest BCUT2D eigenvalue weighted by molar-refractivity contribution is 6.76. The minimum Gasteiger partial charge on any atom is -0.459 e. The molecule has 0 radical (unpaired) electrons. The second-order valence-electron chi connectivity index (χ2n) is 7.91. The summed E-state index contributed by atoms with van der Waals surface area (Å²) >= 11 is 17.3. The quantitative estimate of drug-likeness (QED) is 0.232. The monoisotopic (exact) mass is 527 g/mol. The SMILES string of the molecule is C[C@@H]1C(COC(=O)c2ccccc2)OC(OC(=N)C(Cl)(Cl)Cl)C(OC(=O)c2ccccc2)[C@H]1C. The van der Waals surface area contributed by atoms with E-state index in [1.165, 1.54) is 0 Å². The number of halogens is 3. The molecule has 0 bridgehead atoms. The minimum atomic E-state index is -2.14. The molecule has 0 amide bonds. The third-order valence-corrected chi connectivity index (χ3v) is 6.16. The molecule has 3 rings (SSSR count). The van der Waals surface area contributed by atoms with E-state index in [2.05, 4.69) is 0 Å². The van der Waals surface area contributed by atoms with Crippen LogP contribution in [0.15, 0.2) is 60.7 Å². The maximum absolute atomic E-state index is 12.7. The smallest absolute Gasteiger partial charge is 0.338 e. The summed E-state index contributed by atoms with van der Waals surface area (Å²) in [6.07, 6.45) is -2.80. The van der Waals surface area contributed by atoms with Crippen LogP contribution in [0, 0.1) is 17.2 Å². The third-order valence-electron chi connectivity index (χ3n) is 5.64. The molecule has 7 nitrogen and oxygen atoms in total. The number of carbonyl (C=O) groups is 2. The number of nitrogens with one attached hydrogen (secondary N) is 1. The van der Waals surface area contributed by atoms with Gasteiger partial charge in [0.05, 0.1) is 17.2 Å². The lowest BCUT2D eigenvalue weighted by molar-refractivity contribution is -0.249. The van der Waals surface area contributed by atoms with E-state index < -0.39 is 40.1 Å². The second kappa shape index (κ2) is 11.4. The van der Waals surface area contributed by atoms with Gasteiger partial charge in [0.1, 0.15) is 6.61 Å². The number of hydrogen-bond donors (Lipinski definition) is 1. The van der Waals surface area contributed by atoms with Gasteiger partial charge in [0.2, 0.25) is 12.2 Å². The summed E-state index contributed by atoms with van der Waals surface area (Å²) < 4.78 is 20.5. The topological polar surface area (TPSA) is 94.9 Å². The van der Waals surface area contributed by atoms with Crippen LogP contribution in [0.4, 0.5) is 0 Å². The summed E-state index contributed by atoms with van der Waals surface area (Å²) in [4.78, 5) is 25.1. The molecule has 2 aromatic carbocycles. The van der Waals surface area contributed by atoms with Gasteiger partial charge in [-0.1, -0.05) is 85.0 Å². The zero-order valence-corrected chi connectivity index (χ0v) is 20.7. The van der Waals surface area contributed by atoms with Crippen LogP contribution in [0.3, 0.4) is 0 Å². The predicted octanol–water partition coefficient (Wildman–Crippen LogP) is 5.43. The first-order valence-electron chi connectivity index (χ1n) is 10.5. The lowest BCUT2D eigenvalue weighted by Crippen LogP contribution is -2.54. The summed E-state index contributed by atoms with van der Waals surface area (Å²) in [5.74, 6) is -2.30. The van der Waals surface area contributed by atoms with E-state index >= 15 is 0 Å². The Bertz CT molecular complexity index is 997. The molecule has 1 fully saturated rings. The third kappa shape index (κ3) is 6.63. The zero-order valence-electron chi connectivity index (χ0n) is 18.5. The standard InChI is InChI=1S/C24H24Cl3NO6/c1-14-15(2)19(33-21(30)17-11-7-4-8-12-17)22(34-23(28)24(25,26)27)32-18(14)13-31-20(29)16-9-5-3-6-10-16/h3-12,14-15,18-19,22,28H,13H2,1-2H3/t14-,15-,18?,19?,22?/m0/s1. The van der Waals surface area contributed by atoms with E-state index in [4.69, 9.17) is 59.2 Å². The molecule has 10 heteroatoms. The fraction of sp³-hybridized carbons (Fsp3) is 0.375. The van der Waals surface area contributed by atoms with Gasteiger partial charge in [-0.2, -0.15) is 0 Å². The molecule has 5 atom stereocenters. The van der Waals surface area contributed by atoms with Crippen molar-refractivity contribution in [3.63, 3.8) is 0 Å². The van der Waals surface area contributed by atoms with Crippen LogP contribution >= 0.6 is 34.8 Å². The van der Waals surface area contributed by atoms with E-state index in [0.29, 0.717) is 11.1 Å². The van der Waals surface area contributed by atoms with Crippen molar-refractivity contribution in [3.05, 3.63) is 71.8 Å². The number of benzene rings is 2. The molecule has 0 spiro atoms. The number of rotatable bonds is 6. The molecule has 182 valence electrons. The van der Waals surface area contributed by atoms with Gasteiger partial charge < -0.3 is 18.9 Å². The van der Waals surface area contributed by atoms with Crippen LogP contribution in [-0.2, 0) is 18.9 Å². The Hall–Kier alpha value is -2.32. The number of alkyl halides is 3. The molecular formula is C24H24Cl3NO6. The number of esters is 2. The summed E-state index contributed by atoms with van der Waals surface area (Å²) in [6.45, 7) is 3.64. The Morgan fingerprint density at radius 1 is 0.882 bits per heavy atom. The van der Waals surface area contributed by atoms with Gasteiger partial charge in [-0.25, -0.2) is 9.59 Å². The highest BCUT2D eigenvalue weighted by Gasteiger charge is 2.47. The van der Waals surface area contributed by atoms with Gasteiger partial charge in [0.15, 0.2) is 6.10 Å². The fourth-order valence-electron chi connectivity index (χ4n) is 3.47. The predicted molar refractivity (Wildman–Crippen MR) is 128 cm³/mol. The summed E-state index contributed by atoms with van der Waals surface area (Å²) in [5, 5.41) is 7.95. The molecule has 1 N–H and O–H groups in total. The Kier molecular flexibility index (Phi) is 8.82. The van der Waals surface area contributed by atoms with E-state index in [0.717, 1.165) is 0 Å². The van der Waals surface area contributed by atoms with Gasteiger partial charge in [0.25, 0.3) is 3.79 Å². The van der Waals surface area contributed by atoms with Gasteiger partial charge >= 0.3 is 11.9 Å². The number of hydrogen-bond acceptors (Lipinski definition) is 7. The van der Waals surface area contributed by atoms with Crippen molar-refractivity contribution in [2.45, 2.75) is 36.1 Å². The molecule has 34 heavy (non-hydrogen) atoms. The average molecular weight is 529 g/mol. The fourth-order valence-corrected chi connectivity index (χ4v) is 3.61. The lowest BCUT2D eigenvalue weighted by atomic mass is 9.83. The highest BCUT2D eigenvalue weighted by Crippen LogP contribution is 2.36. The molecule has 0 aliphatic carbocycles. The van der Waals surface area contributed by atoms with Crippen molar-refractivity contribution in [3.8, 4) is 0 Å². The van der Waals surface area contributed by atoms with E-state index in [9.17, 15) is 9.59 Å². The summed E-state index contributed by atoms with van der Waals surface area (Å²) in [5.41, 5.74) is 0.746. The molecule has 0 aromatic heterocycles. The van der Waals surface area contributed by atoms with Crippen molar-refractivity contribution >= 4 is 52.6 Å². The second-order valence-corrected chi connectivity index (χ2v) is 10.2. The first-order valence-corrected chi connectivity index (χ1v) is 11.7. The highest BCUT2D eigenvalue weighted by atomic mass is 35.6. The van der Waals surface area contributed by atoms with E-state index in [1.807, 2.05) is 13.8 Å². The molecule has 3 unspecified atom stereocenters. The molecule has 1 saturated heterocycles. The molecule has 1 heterocycles. The number of carbonyl (C=O) groups excluding carboxylic acids is 2. The van der Waals surface area contributed by atoms with Gasteiger partial charge in [0, 0.05) is 5.92 Å². The van der Waals surface area contributed by atoms with Crippen molar-refractivity contribution in [2.75, 3.05) is 6.61 Å². The van der Waals surface area contributed by atoms with Crippen LogP contribution in [0.1, 0.15) is 34.6 Å². The van der Waals surface area contributed by atoms with Gasteiger partial charge in [-0.3, -0.25) is 5.41 Å². The van der Waals surface area contributed by atoms with E-state index in [-0.39, 0.29) is 18.4 Å². The van der Waals surface area contributed by atoms with Crippen molar-refractivity contribution < 1.29 is 28.5 Å². The van der Waals surface area contributed by atoms with E-state index in [1.54, 1.807) is 60.7 Å².